The van der Waals surface area contributed by atoms with E-state index < -0.39 is 5.97 Å². The first-order valence-corrected chi connectivity index (χ1v) is 6.30. The molecule has 18 heavy (non-hydrogen) atoms. The Morgan fingerprint density at radius 2 is 2.22 bits per heavy atom. The lowest BCUT2D eigenvalue weighted by atomic mass is 10.1. The summed E-state index contributed by atoms with van der Waals surface area (Å²) in [4.78, 5) is 10.4. The molecule has 3 nitrogen and oxygen atoms in total. The van der Waals surface area contributed by atoms with Crippen LogP contribution in [0.25, 0.3) is 6.08 Å². The summed E-state index contributed by atoms with van der Waals surface area (Å²) < 4.78 is 5.56. The number of hydrogen-bond acceptors (Lipinski definition) is 2. The molecule has 0 atom stereocenters. The summed E-state index contributed by atoms with van der Waals surface area (Å²) in [7, 11) is 0. The third kappa shape index (κ3) is 6.21. The second kappa shape index (κ2) is 8.48. The summed E-state index contributed by atoms with van der Waals surface area (Å²) in [6, 6.07) is 7.71. The van der Waals surface area contributed by atoms with E-state index in [1.165, 1.54) is 12.8 Å². The predicted molar refractivity (Wildman–Crippen MR) is 72.3 cm³/mol. The Labute approximate surface area is 108 Å². The van der Waals surface area contributed by atoms with Gasteiger partial charge in [-0.2, -0.15) is 0 Å². The van der Waals surface area contributed by atoms with E-state index in [4.69, 9.17) is 9.84 Å². The SMILES string of the molecule is CCCCCOCc1cccc(/C=C/C(=O)O)c1. The Morgan fingerprint density at radius 3 is 2.94 bits per heavy atom. The maximum absolute atomic E-state index is 10.4. The van der Waals surface area contributed by atoms with Crippen LogP contribution in [-0.4, -0.2) is 17.7 Å². The lowest BCUT2D eigenvalue weighted by Crippen LogP contribution is -1.95. The van der Waals surface area contributed by atoms with E-state index in [0.717, 1.165) is 30.2 Å². The van der Waals surface area contributed by atoms with Gasteiger partial charge in [-0.1, -0.05) is 38.0 Å². The topological polar surface area (TPSA) is 46.5 Å². The molecule has 0 radical (unpaired) electrons. The fourth-order valence-corrected chi connectivity index (χ4v) is 1.60. The molecule has 0 heterocycles. The third-order valence-corrected chi connectivity index (χ3v) is 2.53. The van der Waals surface area contributed by atoms with Crippen molar-refractivity contribution in [3.05, 3.63) is 41.5 Å². The van der Waals surface area contributed by atoms with E-state index in [0.29, 0.717) is 6.61 Å². The summed E-state index contributed by atoms with van der Waals surface area (Å²) in [5.41, 5.74) is 1.95. The maximum atomic E-state index is 10.4. The number of carbonyl (C=O) groups is 1. The highest BCUT2D eigenvalue weighted by atomic mass is 16.5. The van der Waals surface area contributed by atoms with Crippen molar-refractivity contribution >= 4 is 12.0 Å². The van der Waals surface area contributed by atoms with Crippen LogP contribution in [0, 0.1) is 0 Å². The third-order valence-electron chi connectivity index (χ3n) is 2.53. The minimum atomic E-state index is -0.934. The zero-order valence-corrected chi connectivity index (χ0v) is 10.8. The Hall–Kier alpha value is -1.61. The molecule has 0 saturated carbocycles. The highest BCUT2D eigenvalue weighted by molar-refractivity contribution is 5.85. The van der Waals surface area contributed by atoms with Gasteiger partial charge in [0.15, 0.2) is 0 Å². The standard InChI is InChI=1S/C15H20O3/c1-2-3-4-10-18-12-14-7-5-6-13(11-14)8-9-15(16)17/h5-9,11H,2-4,10,12H2,1H3,(H,16,17)/b9-8+. The molecule has 1 rings (SSSR count). The number of carboxylic acid groups (broad SMARTS) is 1. The summed E-state index contributed by atoms with van der Waals surface area (Å²) in [5.74, 6) is -0.934. The molecule has 0 saturated heterocycles. The number of aliphatic carboxylic acids is 1. The summed E-state index contributed by atoms with van der Waals surface area (Å²) in [5, 5.41) is 8.56. The number of carboxylic acids is 1. The first kappa shape index (κ1) is 14.5. The second-order valence-corrected chi connectivity index (χ2v) is 4.18. The van der Waals surface area contributed by atoms with Gasteiger partial charge in [-0.3, -0.25) is 0 Å². The average Bonchev–Trinajstić information content (AvgIpc) is 2.37. The number of ether oxygens (including phenoxy) is 1. The fraction of sp³-hybridized carbons (Fsp3) is 0.400. The van der Waals surface area contributed by atoms with E-state index >= 15 is 0 Å². The molecule has 0 amide bonds. The van der Waals surface area contributed by atoms with Crippen LogP contribution in [0.4, 0.5) is 0 Å². The van der Waals surface area contributed by atoms with E-state index in [9.17, 15) is 4.79 Å². The molecule has 0 bridgehead atoms. The highest BCUT2D eigenvalue weighted by Crippen LogP contribution is 2.09. The predicted octanol–water partition coefficient (Wildman–Crippen LogP) is 3.49. The Balaban J connectivity index is 2.42. The van der Waals surface area contributed by atoms with Crippen LogP contribution in [0.2, 0.25) is 0 Å². The van der Waals surface area contributed by atoms with E-state index in [-0.39, 0.29) is 0 Å². The van der Waals surface area contributed by atoms with Crippen LogP contribution in [-0.2, 0) is 16.1 Å². The smallest absolute Gasteiger partial charge is 0.328 e. The van der Waals surface area contributed by atoms with Crippen molar-refractivity contribution in [1.82, 2.24) is 0 Å². The summed E-state index contributed by atoms with van der Waals surface area (Å²) in [6.45, 7) is 3.53. The maximum Gasteiger partial charge on any atom is 0.328 e. The lowest BCUT2D eigenvalue weighted by Gasteiger charge is -2.04. The lowest BCUT2D eigenvalue weighted by molar-refractivity contribution is -0.131. The van der Waals surface area contributed by atoms with Crippen molar-refractivity contribution in [2.24, 2.45) is 0 Å². The van der Waals surface area contributed by atoms with Gasteiger partial charge in [0, 0.05) is 12.7 Å². The zero-order valence-electron chi connectivity index (χ0n) is 10.8. The van der Waals surface area contributed by atoms with Crippen molar-refractivity contribution in [1.29, 1.82) is 0 Å². The Bertz CT molecular complexity index is 396. The van der Waals surface area contributed by atoms with E-state index in [1.807, 2.05) is 24.3 Å². The van der Waals surface area contributed by atoms with Crippen LogP contribution in [0.5, 0.6) is 0 Å². The molecule has 0 unspecified atom stereocenters. The van der Waals surface area contributed by atoms with Gasteiger partial charge in [0.25, 0.3) is 0 Å². The molecule has 98 valence electrons. The van der Waals surface area contributed by atoms with E-state index in [1.54, 1.807) is 6.08 Å². The molecule has 0 aliphatic heterocycles. The number of unbranched alkanes of at least 4 members (excludes halogenated alkanes) is 2. The normalized spacial score (nSPS) is 10.9. The van der Waals surface area contributed by atoms with Gasteiger partial charge in [0.2, 0.25) is 0 Å². The van der Waals surface area contributed by atoms with E-state index in [2.05, 4.69) is 6.92 Å². The number of hydrogen-bond donors (Lipinski definition) is 1. The van der Waals surface area contributed by atoms with Gasteiger partial charge < -0.3 is 9.84 Å². The molecule has 1 aromatic rings. The van der Waals surface area contributed by atoms with Crippen LogP contribution in [0.1, 0.15) is 37.3 Å². The van der Waals surface area contributed by atoms with Gasteiger partial charge in [-0.25, -0.2) is 4.79 Å². The molecular formula is C15H20O3. The molecule has 1 N–H and O–H groups in total. The minimum Gasteiger partial charge on any atom is -0.478 e. The van der Waals surface area contributed by atoms with Gasteiger partial charge in [0.1, 0.15) is 0 Å². The van der Waals surface area contributed by atoms with Gasteiger partial charge >= 0.3 is 5.97 Å². The van der Waals surface area contributed by atoms with Gasteiger partial charge in [-0.15, -0.1) is 0 Å². The fourth-order valence-electron chi connectivity index (χ4n) is 1.60. The summed E-state index contributed by atoms with van der Waals surface area (Å²) in [6.07, 6.45) is 6.21. The second-order valence-electron chi connectivity index (χ2n) is 4.18. The van der Waals surface area contributed by atoms with Crippen LogP contribution < -0.4 is 0 Å². The Morgan fingerprint density at radius 1 is 1.39 bits per heavy atom. The molecule has 1 aromatic carbocycles. The molecular weight excluding hydrogens is 228 g/mol. The molecule has 0 aliphatic carbocycles. The number of rotatable bonds is 8. The van der Waals surface area contributed by atoms with Crippen molar-refractivity contribution < 1.29 is 14.6 Å². The van der Waals surface area contributed by atoms with Crippen molar-refractivity contribution in [3.63, 3.8) is 0 Å². The first-order valence-electron chi connectivity index (χ1n) is 6.30. The van der Waals surface area contributed by atoms with Gasteiger partial charge in [0.05, 0.1) is 6.61 Å². The summed E-state index contributed by atoms with van der Waals surface area (Å²) >= 11 is 0. The van der Waals surface area contributed by atoms with Crippen LogP contribution >= 0.6 is 0 Å². The molecule has 0 fully saturated rings. The molecule has 3 heteroatoms. The quantitative estimate of drug-likeness (QED) is 0.566. The Kier molecular flexibility index (Phi) is 6.81. The zero-order chi connectivity index (χ0) is 13.2. The molecule has 0 aliphatic rings. The number of benzene rings is 1. The van der Waals surface area contributed by atoms with Crippen LogP contribution in [0.3, 0.4) is 0 Å². The largest absolute Gasteiger partial charge is 0.478 e. The average molecular weight is 248 g/mol. The van der Waals surface area contributed by atoms with Gasteiger partial charge in [-0.05, 0) is 29.7 Å². The minimum absolute atomic E-state index is 0.582. The monoisotopic (exact) mass is 248 g/mol. The van der Waals surface area contributed by atoms with Crippen molar-refractivity contribution in [3.8, 4) is 0 Å². The molecule has 0 spiro atoms. The van der Waals surface area contributed by atoms with Crippen molar-refractivity contribution in [2.75, 3.05) is 6.61 Å². The molecule has 0 aromatic heterocycles. The van der Waals surface area contributed by atoms with Crippen molar-refractivity contribution in [2.45, 2.75) is 32.8 Å². The van der Waals surface area contributed by atoms with Crippen LogP contribution in [0.15, 0.2) is 30.3 Å². The highest BCUT2D eigenvalue weighted by Gasteiger charge is 1.95. The first-order chi connectivity index (χ1) is 8.72.